The van der Waals surface area contributed by atoms with Gasteiger partial charge in [0.15, 0.2) is 0 Å². The molecule has 2 aromatic rings. The normalized spacial score (nSPS) is 14.1. The smallest absolute Gasteiger partial charge is 0.320 e. The summed E-state index contributed by atoms with van der Waals surface area (Å²) in [5.74, 6) is -3.05. The number of nitrogens with two attached hydrogens (primary N) is 1. The number of aromatic amines is 1. The number of rotatable bonds is 6. The standard InChI is InChI=1S/C14H16N2O4/c15-11(14(19)20)7-9(13(17)18)6-10-5-8-3-1-2-4-12(8)16-10/h1-5,9,11,16H,6-7,15H2,(H,17,18)(H,19,20)/t9-,11+/m0/s1. The predicted octanol–water partition coefficient (Wildman–Crippen LogP) is 1.21. The molecule has 1 aromatic carbocycles. The van der Waals surface area contributed by atoms with Gasteiger partial charge in [0.2, 0.25) is 0 Å². The molecule has 0 aliphatic rings. The lowest BCUT2D eigenvalue weighted by atomic mass is 9.95. The van der Waals surface area contributed by atoms with Crippen LogP contribution in [0.5, 0.6) is 0 Å². The Labute approximate surface area is 115 Å². The molecule has 1 aromatic heterocycles. The van der Waals surface area contributed by atoms with Gasteiger partial charge in [-0.05, 0) is 23.9 Å². The van der Waals surface area contributed by atoms with Crippen molar-refractivity contribution in [3.05, 3.63) is 36.0 Å². The van der Waals surface area contributed by atoms with Crippen molar-refractivity contribution >= 4 is 22.8 Å². The molecule has 0 spiro atoms. The average molecular weight is 276 g/mol. The lowest BCUT2D eigenvalue weighted by molar-refractivity contribution is -0.143. The van der Waals surface area contributed by atoms with Crippen molar-refractivity contribution in [2.75, 3.05) is 0 Å². The summed E-state index contributed by atoms with van der Waals surface area (Å²) < 4.78 is 0. The van der Waals surface area contributed by atoms with E-state index < -0.39 is 23.9 Å². The van der Waals surface area contributed by atoms with Crippen LogP contribution >= 0.6 is 0 Å². The second-order valence-electron chi connectivity index (χ2n) is 4.80. The van der Waals surface area contributed by atoms with Crippen LogP contribution in [-0.4, -0.2) is 33.2 Å². The molecule has 2 rings (SSSR count). The van der Waals surface area contributed by atoms with Gasteiger partial charge in [0.1, 0.15) is 6.04 Å². The lowest BCUT2D eigenvalue weighted by Crippen LogP contribution is -2.35. The minimum Gasteiger partial charge on any atom is -0.481 e. The van der Waals surface area contributed by atoms with E-state index in [1.54, 1.807) is 0 Å². The van der Waals surface area contributed by atoms with Crippen molar-refractivity contribution in [2.45, 2.75) is 18.9 Å². The van der Waals surface area contributed by atoms with Crippen LogP contribution in [0.3, 0.4) is 0 Å². The van der Waals surface area contributed by atoms with Crippen LogP contribution in [0.1, 0.15) is 12.1 Å². The zero-order valence-electron chi connectivity index (χ0n) is 10.7. The zero-order chi connectivity index (χ0) is 14.7. The molecule has 0 aliphatic carbocycles. The van der Waals surface area contributed by atoms with Gasteiger partial charge in [0, 0.05) is 17.6 Å². The molecule has 5 N–H and O–H groups in total. The van der Waals surface area contributed by atoms with E-state index in [0.29, 0.717) is 0 Å². The fourth-order valence-corrected chi connectivity index (χ4v) is 2.19. The van der Waals surface area contributed by atoms with E-state index in [1.165, 1.54) is 0 Å². The second-order valence-corrected chi connectivity index (χ2v) is 4.80. The fraction of sp³-hybridized carbons (Fsp3) is 0.286. The first-order chi connectivity index (χ1) is 9.47. The first kappa shape index (κ1) is 14.1. The van der Waals surface area contributed by atoms with E-state index in [1.807, 2.05) is 30.3 Å². The van der Waals surface area contributed by atoms with Crippen LogP contribution in [0.25, 0.3) is 10.9 Å². The third kappa shape index (κ3) is 3.16. The van der Waals surface area contributed by atoms with E-state index in [-0.39, 0.29) is 12.8 Å². The first-order valence-electron chi connectivity index (χ1n) is 6.25. The lowest BCUT2D eigenvalue weighted by Gasteiger charge is -2.13. The molecule has 106 valence electrons. The Hall–Kier alpha value is -2.34. The van der Waals surface area contributed by atoms with E-state index in [4.69, 9.17) is 10.8 Å². The largest absolute Gasteiger partial charge is 0.481 e. The number of carbonyl (C=O) groups is 2. The molecule has 0 unspecified atom stereocenters. The molecular formula is C14H16N2O4. The Balaban J connectivity index is 2.15. The Morgan fingerprint density at radius 2 is 1.90 bits per heavy atom. The van der Waals surface area contributed by atoms with Gasteiger partial charge in [-0.25, -0.2) is 0 Å². The molecule has 0 bridgehead atoms. The minimum absolute atomic E-state index is 0.0972. The summed E-state index contributed by atoms with van der Waals surface area (Å²) in [4.78, 5) is 25.1. The molecule has 6 nitrogen and oxygen atoms in total. The van der Waals surface area contributed by atoms with Crippen molar-refractivity contribution in [1.82, 2.24) is 4.98 Å². The van der Waals surface area contributed by atoms with Gasteiger partial charge in [0.25, 0.3) is 0 Å². The van der Waals surface area contributed by atoms with Crippen molar-refractivity contribution < 1.29 is 19.8 Å². The van der Waals surface area contributed by atoms with Crippen LogP contribution in [0.15, 0.2) is 30.3 Å². The highest BCUT2D eigenvalue weighted by Gasteiger charge is 2.25. The number of para-hydroxylation sites is 1. The van der Waals surface area contributed by atoms with E-state index in [0.717, 1.165) is 16.6 Å². The molecule has 0 fully saturated rings. The quantitative estimate of drug-likeness (QED) is 0.633. The Morgan fingerprint density at radius 3 is 2.50 bits per heavy atom. The van der Waals surface area contributed by atoms with Crippen LogP contribution in [0.4, 0.5) is 0 Å². The van der Waals surface area contributed by atoms with Gasteiger partial charge in [-0.1, -0.05) is 18.2 Å². The van der Waals surface area contributed by atoms with Crippen molar-refractivity contribution in [3.63, 3.8) is 0 Å². The number of aliphatic carboxylic acids is 2. The maximum Gasteiger partial charge on any atom is 0.320 e. The van der Waals surface area contributed by atoms with Crippen LogP contribution in [-0.2, 0) is 16.0 Å². The number of benzene rings is 1. The van der Waals surface area contributed by atoms with Gasteiger partial charge in [-0.3, -0.25) is 9.59 Å². The summed E-state index contributed by atoms with van der Waals surface area (Å²) in [7, 11) is 0. The Bertz CT molecular complexity index is 602. The SMILES string of the molecule is N[C@H](C[C@H](Cc1cc2ccccc2[nH]1)C(=O)O)C(=O)O. The minimum atomic E-state index is -1.19. The third-order valence-corrected chi connectivity index (χ3v) is 3.26. The summed E-state index contributed by atoms with van der Waals surface area (Å²) >= 11 is 0. The van der Waals surface area contributed by atoms with Gasteiger partial charge in [0.05, 0.1) is 5.92 Å². The van der Waals surface area contributed by atoms with Gasteiger partial charge >= 0.3 is 11.9 Å². The maximum absolute atomic E-state index is 11.2. The van der Waals surface area contributed by atoms with Crippen molar-refractivity contribution in [1.29, 1.82) is 0 Å². The molecule has 0 amide bonds. The summed E-state index contributed by atoms with van der Waals surface area (Å²) in [6, 6.07) is 8.32. The molecule has 2 atom stereocenters. The van der Waals surface area contributed by atoms with Crippen LogP contribution < -0.4 is 5.73 Å². The molecule has 0 aliphatic heterocycles. The summed E-state index contributed by atoms with van der Waals surface area (Å²) in [5.41, 5.74) is 7.10. The van der Waals surface area contributed by atoms with Crippen molar-refractivity contribution in [2.24, 2.45) is 11.7 Å². The van der Waals surface area contributed by atoms with E-state index >= 15 is 0 Å². The number of nitrogens with one attached hydrogen (secondary N) is 1. The zero-order valence-corrected chi connectivity index (χ0v) is 10.7. The molecule has 1 heterocycles. The first-order valence-corrected chi connectivity index (χ1v) is 6.25. The molecular weight excluding hydrogens is 260 g/mol. The van der Waals surface area contributed by atoms with Crippen LogP contribution in [0.2, 0.25) is 0 Å². The van der Waals surface area contributed by atoms with Gasteiger partial charge in [-0.15, -0.1) is 0 Å². The average Bonchev–Trinajstić information content (AvgIpc) is 2.79. The third-order valence-electron chi connectivity index (χ3n) is 3.26. The number of carboxylic acid groups (broad SMARTS) is 2. The second kappa shape index (κ2) is 5.75. The number of aromatic nitrogens is 1. The number of hydrogen-bond donors (Lipinski definition) is 4. The summed E-state index contributed by atoms with van der Waals surface area (Å²) in [6.45, 7) is 0. The van der Waals surface area contributed by atoms with Crippen LogP contribution in [0, 0.1) is 5.92 Å². The number of carboxylic acids is 2. The number of hydrogen-bond acceptors (Lipinski definition) is 3. The van der Waals surface area contributed by atoms with E-state index in [2.05, 4.69) is 4.98 Å². The highest BCUT2D eigenvalue weighted by Crippen LogP contribution is 2.19. The summed E-state index contributed by atoms with van der Waals surface area (Å²) in [6.07, 6.45) is 0.130. The van der Waals surface area contributed by atoms with Gasteiger partial charge < -0.3 is 20.9 Å². The monoisotopic (exact) mass is 276 g/mol. The Kier molecular flexibility index (Phi) is 4.05. The summed E-state index contributed by atoms with van der Waals surface area (Å²) in [5, 5.41) is 18.9. The predicted molar refractivity (Wildman–Crippen MR) is 73.4 cm³/mol. The highest BCUT2D eigenvalue weighted by molar-refractivity contribution is 5.80. The number of H-pyrrole nitrogens is 1. The Morgan fingerprint density at radius 1 is 1.20 bits per heavy atom. The molecule has 6 heteroatoms. The molecule has 0 saturated heterocycles. The van der Waals surface area contributed by atoms with Crippen molar-refractivity contribution in [3.8, 4) is 0 Å². The molecule has 0 saturated carbocycles. The topological polar surface area (TPSA) is 116 Å². The maximum atomic E-state index is 11.2. The highest BCUT2D eigenvalue weighted by atomic mass is 16.4. The number of fused-ring (bicyclic) bond motifs is 1. The molecule has 20 heavy (non-hydrogen) atoms. The fourth-order valence-electron chi connectivity index (χ4n) is 2.19. The molecule has 0 radical (unpaired) electrons. The van der Waals surface area contributed by atoms with E-state index in [9.17, 15) is 14.7 Å². The van der Waals surface area contributed by atoms with Gasteiger partial charge in [-0.2, -0.15) is 0 Å².